The smallest absolute Gasteiger partial charge is 0.341 e. The molecular formula is C16H17NO4. The second kappa shape index (κ2) is 6.01. The lowest BCUT2D eigenvalue weighted by molar-refractivity contribution is 0.0600. The minimum absolute atomic E-state index is 0.224. The van der Waals surface area contributed by atoms with Crippen molar-refractivity contribution in [2.45, 2.75) is 19.0 Å². The van der Waals surface area contributed by atoms with Crippen LogP contribution in [-0.2, 0) is 11.3 Å². The molecule has 1 N–H and O–H groups in total. The molecule has 0 saturated carbocycles. The summed E-state index contributed by atoms with van der Waals surface area (Å²) in [6.45, 7) is 1.25. The van der Waals surface area contributed by atoms with Crippen molar-refractivity contribution in [3.63, 3.8) is 0 Å². The van der Waals surface area contributed by atoms with Crippen LogP contribution in [0.1, 0.15) is 34.1 Å². The number of rotatable bonds is 4. The van der Waals surface area contributed by atoms with E-state index in [4.69, 9.17) is 9.15 Å². The van der Waals surface area contributed by atoms with Crippen molar-refractivity contribution in [2.24, 2.45) is 0 Å². The predicted octanol–water partition coefficient (Wildman–Crippen LogP) is 2.68. The van der Waals surface area contributed by atoms with Crippen LogP contribution in [0.2, 0.25) is 0 Å². The van der Waals surface area contributed by atoms with Gasteiger partial charge in [-0.15, -0.1) is 0 Å². The van der Waals surface area contributed by atoms with Crippen LogP contribution in [0, 0.1) is 0 Å². The van der Waals surface area contributed by atoms with E-state index in [-0.39, 0.29) is 12.0 Å². The molecule has 1 aliphatic heterocycles. The van der Waals surface area contributed by atoms with Crippen molar-refractivity contribution in [3.05, 3.63) is 53.5 Å². The van der Waals surface area contributed by atoms with Crippen molar-refractivity contribution in [2.75, 3.05) is 13.7 Å². The van der Waals surface area contributed by atoms with Crippen molar-refractivity contribution >= 4 is 5.97 Å². The van der Waals surface area contributed by atoms with Crippen LogP contribution in [-0.4, -0.2) is 19.7 Å². The van der Waals surface area contributed by atoms with Gasteiger partial charge in [-0.25, -0.2) is 4.79 Å². The van der Waals surface area contributed by atoms with Gasteiger partial charge in [-0.2, -0.15) is 0 Å². The second-order valence-corrected chi connectivity index (χ2v) is 4.90. The molecular weight excluding hydrogens is 270 g/mol. The summed E-state index contributed by atoms with van der Waals surface area (Å²) in [7, 11) is 1.35. The van der Waals surface area contributed by atoms with E-state index in [9.17, 15) is 4.79 Å². The first-order chi connectivity index (χ1) is 10.3. The maximum absolute atomic E-state index is 11.4. The fourth-order valence-electron chi connectivity index (χ4n) is 2.48. The van der Waals surface area contributed by atoms with Gasteiger partial charge in [0.15, 0.2) is 0 Å². The zero-order valence-electron chi connectivity index (χ0n) is 11.8. The molecule has 2 aromatic rings. The molecule has 0 amide bonds. The number of carbonyl (C=O) groups excluding carboxylic acids is 1. The number of methoxy groups -OCH3 is 1. The molecule has 0 saturated heterocycles. The van der Waals surface area contributed by atoms with Gasteiger partial charge in [0, 0.05) is 18.0 Å². The third kappa shape index (κ3) is 2.92. The normalized spacial score (nSPS) is 16.9. The average molecular weight is 287 g/mol. The first-order valence-electron chi connectivity index (χ1n) is 6.89. The highest BCUT2D eigenvalue weighted by Crippen LogP contribution is 2.31. The Balaban J connectivity index is 1.66. The largest absolute Gasteiger partial charge is 0.493 e. The molecule has 0 fully saturated rings. The number of ether oxygens (including phenoxy) is 2. The summed E-state index contributed by atoms with van der Waals surface area (Å²) in [5.74, 6) is 1.25. The lowest BCUT2D eigenvalue weighted by Gasteiger charge is -2.26. The van der Waals surface area contributed by atoms with Crippen molar-refractivity contribution in [1.29, 1.82) is 0 Å². The van der Waals surface area contributed by atoms with Gasteiger partial charge < -0.3 is 19.2 Å². The lowest BCUT2D eigenvalue weighted by Crippen LogP contribution is -2.26. The number of furan rings is 1. The summed E-state index contributed by atoms with van der Waals surface area (Å²) < 4.78 is 15.7. The van der Waals surface area contributed by atoms with Crippen LogP contribution in [0.4, 0.5) is 0 Å². The number of para-hydroxylation sites is 1. The Labute approximate surface area is 122 Å². The van der Waals surface area contributed by atoms with Crippen LogP contribution in [0.15, 0.2) is 41.0 Å². The Morgan fingerprint density at radius 3 is 3.14 bits per heavy atom. The van der Waals surface area contributed by atoms with Gasteiger partial charge >= 0.3 is 5.97 Å². The van der Waals surface area contributed by atoms with Gasteiger partial charge in [0.05, 0.1) is 25.8 Å². The van der Waals surface area contributed by atoms with Crippen LogP contribution >= 0.6 is 0 Å². The first-order valence-corrected chi connectivity index (χ1v) is 6.89. The second-order valence-electron chi connectivity index (χ2n) is 4.90. The summed E-state index contributed by atoms with van der Waals surface area (Å²) in [5, 5.41) is 3.44. The van der Waals surface area contributed by atoms with Crippen molar-refractivity contribution in [1.82, 2.24) is 5.32 Å². The Morgan fingerprint density at radius 1 is 1.43 bits per heavy atom. The summed E-state index contributed by atoms with van der Waals surface area (Å²) in [6.07, 6.45) is 2.32. The zero-order valence-corrected chi connectivity index (χ0v) is 11.8. The molecule has 1 unspecified atom stereocenters. The summed E-state index contributed by atoms with van der Waals surface area (Å²) in [4.78, 5) is 11.4. The summed E-state index contributed by atoms with van der Waals surface area (Å²) in [6, 6.07) is 9.94. The van der Waals surface area contributed by atoms with Crippen LogP contribution in [0.25, 0.3) is 0 Å². The van der Waals surface area contributed by atoms with Crippen molar-refractivity contribution < 1.29 is 18.7 Å². The molecule has 110 valence electrons. The molecule has 21 heavy (non-hydrogen) atoms. The molecule has 5 heteroatoms. The van der Waals surface area contributed by atoms with E-state index < -0.39 is 0 Å². The highest BCUT2D eigenvalue weighted by molar-refractivity contribution is 5.88. The quantitative estimate of drug-likeness (QED) is 0.876. The third-order valence-corrected chi connectivity index (χ3v) is 3.56. The van der Waals surface area contributed by atoms with Gasteiger partial charge in [0.2, 0.25) is 0 Å². The monoisotopic (exact) mass is 287 g/mol. The van der Waals surface area contributed by atoms with Gasteiger partial charge in [0.25, 0.3) is 0 Å². The third-order valence-electron chi connectivity index (χ3n) is 3.56. The number of esters is 1. The zero-order chi connectivity index (χ0) is 14.7. The molecule has 1 atom stereocenters. The number of hydrogen-bond donors (Lipinski definition) is 1. The SMILES string of the molecule is COC(=O)c1coc(CNC2CCOc3ccccc32)c1. The fraction of sp³-hybridized carbons (Fsp3) is 0.312. The Hall–Kier alpha value is -2.27. The molecule has 0 bridgehead atoms. The standard InChI is InChI=1S/C16H17NO4/c1-19-16(18)11-8-12(21-10-11)9-17-14-6-7-20-15-5-3-2-4-13(14)15/h2-5,8,10,14,17H,6-7,9H2,1H3. The van der Waals surface area contributed by atoms with E-state index in [1.807, 2.05) is 18.2 Å². The molecule has 0 radical (unpaired) electrons. The number of nitrogens with one attached hydrogen (secondary N) is 1. The average Bonchev–Trinajstić information content (AvgIpc) is 3.01. The Morgan fingerprint density at radius 2 is 2.29 bits per heavy atom. The number of hydrogen-bond acceptors (Lipinski definition) is 5. The number of benzene rings is 1. The Bertz CT molecular complexity index is 635. The first kappa shape index (κ1) is 13.7. The van der Waals surface area contributed by atoms with Gasteiger partial charge in [0.1, 0.15) is 17.8 Å². The molecule has 1 aromatic carbocycles. The van der Waals surface area contributed by atoms with E-state index in [1.54, 1.807) is 6.07 Å². The molecule has 1 aliphatic rings. The lowest BCUT2D eigenvalue weighted by atomic mass is 10.0. The summed E-state index contributed by atoms with van der Waals surface area (Å²) in [5.41, 5.74) is 1.59. The van der Waals surface area contributed by atoms with E-state index in [2.05, 4.69) is 16.1 Å². The van der Waals surface area contributed by atoms with Gasteiger partial charge in [-0.1, -0.05) is 18.2 Å². The topological polar surface area (TPSA) is 60.7 Å². The molecule has 0 aliphatic carbocycles. The Kier molecular flexibility index (Phi) is 3.92. The van der Waals surface area contributed by atoms with E-state index in [0.29, 0.717) is 24.5 Å². The number of fused-ring (bicyclic) bond motifs is 1. The van der Waals surface area contributed by atoms with E-state index in [1.165, 1.54) is 13.4 Å². The molecule has 5 nitrogen and oxygen atoms in total. The minimum atomic E-state index is -0.388. The highest BCUT2D eigenvalue weighted by Gasteiger charge is 2.21. The molecule has 2 heterocycles. The van der Waals surface area contributed by atoms with E-state index >= 15 is 0 Å². The number of carbonyl (C=O) groups is 1. The van der Waals surface area contributed by atoms with Gasteiger partial charge in [-0.05, 0) is 12.1 Å². The maximum Gasteiger partial charge on any atom is 0.341 e. The molecule has 0 spiro atoms. The predicted molar refractivity (Wildman–Crippen MR) is 76.2 cm³/mol. The van der Waals surface area contributed by atoms with E-state index in [0.717, 1.165) is 17.7 Å². The molecule has 3 rings (SSSR count). The van der Waals surface area contributed by atoms with Crippen LogP contribution in [0.3, 0.4) is 0 Å². The summed E-state index contributed by atoms with van der Waals surface area (Å²) >= 11 is 0. The van der Waals surface area contributed by atoms with Crippen molar-refractivity contribution in [3.8, 4) is 5.75 Å². The fourth-order valence-corrected chi connectivity index (χ4v) is 2.48. The maximum atomic E-state index is 11.4. The van der Waals surface area contributed by atoms with Gasteiger partial charge in [-0.3, -0.25) is 0 Å². The van der Waals surface area contributed by atoms with Crippen LogP contribution < -0.4 is 10.1 Å². The minimum Gasteiger partial charge on any atom is -0.493 e. The van der Waals surface area contributed by atoms with Crippen LogP contribution in [0.5, 0.6) is 5.75 Å². The highest BCUT2D eigenvalue weighted by atomic mass is 16.5. The molecule has 1 aromatic heterocycles.